The third kappa shape index (κ3) is 3.42. The van der Waals surface area contributed by atoms with Crippen LogP contribution in [0.4, 0.5) is 5.69 Å². The standard InChI is InChI=1S/C24H18N2O3S/c1-28-22-12-18-17-9-5-6-10-20(17)29-21(18)13-19(22)26-23(27)11-16-14-30-24(25-16)15-7-3-2-4-8-15/h2-10,12-14H,11H2,1H3,(H,26,27). The highest BCUT2D eigenvalue weighted by atomic mass is 32.1. The van der Waals surface area contributed by atoms with Crippen molar-refractivity contribution in [2.45, 2.75) is 6.42 Å². The summed E-state index contributed by atoms with van der Waals surface area (Å²) >= 11 is 1.53. The van der Waals surface area contributed by atoms with Crippen molar-refractivity contribution in [2.75, 3.05) is 12.4 Å². The van der Waals surface area contributed by atoms with Gasteiger partial charge in [0.25, 0.3) is 0 Å². The number of rotatable bonds is 5. The Morgan fingerprint density at radius 1 is 1.03 bits per heavy atom. The number of ether oxygens (including phenoxy) is 1. The molecular formula is C24H18N2O3S. The van der Waals surface area contributed by atoms with E-state index in [1.807, 2.05) is 72.1 Å². The molecule has 0 unspecified atom stereocenters. The van der Waals surface area contributed by atoms with Crippen LogP contribution in [0.3, 0.4) is 0 Å². The molecule has 30 heavy (non-hydrogen) atoms. The topological polar surface area (TPSA) is 64.4 Å². The molecule has 2 heterocycles. The van der Waals surface area contributed by atoms with E-state index < -0.39 is 0 Å². The average molecular weight is 414 g/mol. The molecule has 5 aromatic rings. The summed E-state index contributed by atoms with van der Waals surface area (Å²) in [5, 5.41) is 7.72. The van der Waals surface area contributed by atoms with Crippen LogP contribution in [-0.4, -0.2) is 18.0 Å². The molecule has 0 atom stereocenters. The van der Waals surface area contributed by atoms with Gasteiger partial charge in [-0.15, -0.1) is 11.3 Å². The summed E-state index contributed by atoms with van der Waals surface area (Å²) in [4.78, 5) is 17.3. The average Bonchev–Trinajstić information content (AvgIpc) is 3.37. The first-order chi connectivity index (χ1) is 14.7. The molecule has 5 rings (SSSR count). The van der Waals surface area contributed by atoms with Crippen molar-refractivity contribution in [2.24, 2.45) is 0 Å². The lowest BCUT2D eigenvalue weighted by Gasteiger charge is -2.10. The number of furan rings is 1. The molecule has 2 aromatic heterocycles. The molecule has 5 nitrogen and oxygen atoms in total. The predicted molar refractivity (Wildman–Crippen MR) is 120 cm³/mol. The number of hydrogen-bond acceptors (Lipinski definition) is 5. The van der Waals surface area contributed by atoms with Gasteiger partial charge >= 0.3 is 0 Å². The highest BCUT2D eigenvalue weighted by Crippen LogP contribution is 2.36. The molecule has 148 valence electrons. The molecule has 0 aliphatic heterocycles. The van der Waals surface area contributed by atoms with E-state index in [2.05, 4.69) is 10.3 Å². The number of carbonyl (C=O) groups excluding carboxylic acids is 1. The lowest BCUT2D eigenvalue weighted by molar-refractivity contribution is -0.115. The van der Waals surface area contributed by atoms with Crippen LogP contribution in [0.25, 0.3) is 32.5 Å². The number of nitrogens with zero attached hydrogens (tertiary/aromatic N) is 1. The van der Waals surface area contributed by atoms with Crippen molar-refractivity contribution in [3.8, 4) is 16.3 Å². The summed E-state index contributed by atoms with van der Waals surface area (Å²) in [5.41, 5.74) is 3.86. The summed E-state index contributed by atoms with van der Waals surface area (Å²) in [7, 11) is 1.59. The van der Waals surface area contributed by atoms with Gasteiger partial charge in [-0.25, -0.2) is 4.98 Å². The fourth-order valence-corrected chi connectivity index (χ4v) is 4.30. The van der Waals surface area contributed by atoms with Crippen molar-refractivity contribution < 1.29 is 13.9 Å². The second-order valence-corrected chi connectivity index (χ2v) is 7.74. The molecule has 0 saturated heterocycles. The van der Waals surface area contributed by atoms with Gasteiger partial charge in [0.05, 0.1) is 24.9 Å². The molecule has 0 aliphatic rings. The molecule has 0 radical (unpaired) electrons. The minimum atomic E-state index is -0.159. The summed E-state index contributed by atoms with van der Waals surface area (Å²) in [6.07, 6.45) is 0.185. The Hall–Kier alpha value is -3.64. The molecule has 0 bridgehead atoms. The Morgan fingerprint density at radius 3 is 2.67 bits per heavy atom. The van der Waals surface area contributed by atoms with E-state index in [1.54, 1.807) is 7.11 Å². The number of para-hydroxylation sites is 1. The Labute approximate surface area is 176 Å². The lowest BCUT2D eigenvalue weighted by Crippen LogP contribution is -2.15. The van der Waals surface area contributed by atoms with Crippen LogP contribution in [-0.2, 0) is 11.2 Å². The van der Waals surface area contributed by atoms with Gasteiger partial charge in [0, 0.05) is 27.8 Å². The van der Waals surface area contributed by atoms with Gasteiger partial charge < -0.3 is 14.5 Å². The van der Waals surface area contributed by atoms with Crippen molar-refractivity contribution in [1.29, 1.82) is 0 Å². The highest BCUT2D eigenvalue weighted by molar-refractivity contribution is 7.13. The van der Waals surface area contributed by atoms with E-state index in [-0.39, 0.29) is 12.3 Å². The number of thiazole rings is 1. The van der Waals surface area contributed by atoms with E-state index >= 15 is 0 Å². The minimum Gasteiger partial charge on any atom is -0.495 e. The van der Waals surface area contributed by atoms with Gasteiger partial charge in [-0.05, 0) is 12.1 Å². The maximum absolute atomic E-state index is 12.7. The van der Waals surface area contributed by atoms with Crippen LogP contribution in [0.5, 0.6) is 5.75 Å². The number of nitrogens with one attached hydrogen (secondary N) is 1. The maximum Gasteiger partial charge on any atom is 0.230 e. The second-order valence-electron chi connectivity index (χ2n) is 6.88. The molecule has 6 heteroatoms. The van der Waals surface area contributed by atoms with Crippen LogP contribution in [0.2, 0.25) is 0 Å². The zero-order valence-corrected chi connectivity index (χ0v) is 17.0. The Morgan fingerprint density at radius 2 is 1.83 bits per heavy atom. The van der Waals surface area contributed by atoms with Crippen LogP contribution < -0.4 is 10.1 Å². The summed E-state index contributed by atoms with van der Waals surface area (Å²) in [6.45, 7) is 0. The van der Waals surface area contributed by atoms with Crippen molar-refractivity contribution >= 4 is 44.9 Å². The number of anilines is 1. The normalized spacial score (nSPS) is 11.1. The number of amides is 1. The zero-order valence-electron chi connectivity index (χ0n) is 16.2. The number of benzene rings is 3. The molecular weight excluding hydrogens is 396 g/mol. The number of fused-ring (bicyclic) bond motifs is 3. The van der Waals surface area contributed by atoms with Crippen LogP contribution in [0.1, 0.15) is 5.69 Å². The van der Waals surface area contributed by atoms with Crippen LogP contribution in [0, 0.1) is 0 Å². The Bertz CT molecular complexity index is 1360. The molecule has 0 saturated carbocycles. The second kappa shape index (κ2) is 7.65. The largest absolute Gasteiger partial charge is 0.495 e. The fraction of sp³-hybridized carbons (Fsp3) is 0.0833. The maximum atomic E-state index is 12.7. The minimum absolute atomic E-state index is 0.159. The SMILES string of the molecule is COc1cc2c(cc1NC(=O)Cc1csc(-c3ccccc3)n1)oc1ccccc12. The van der Waals surface area contributed by atoms with Crippen LogP contribution >= 0.6 is 11.3 Å². The molecule has 1 amide bonds. The van der Waals surface area contributed by atoms with Crippen molar-refractivity contribution in [3.05, 3.63) is 77.8 Å². The predicted octanol–water partition coefficient (Wildman–Crippen LogP) is 5.90. The molecule has 3 aromatic carbocycles. The summed E-state index contributed by atoms with van der Waals surface area (Å²) < 4.78 is 11.4. The van der Waals surface area contributed by atoms with E-state index in [0.29, 0.717) is 17.0 Å². The zero-order chi connectivity index (χ0) is 20.5. The Balaban J connectivity index is 1.39. The third-order valence-corrected chi connectivity index (χ3v) is 5.83. The van der Waals surface area contributed by atoms with E-state index in [1.165, 1.54) is 11.3 Å². The first-order valence-electron chi connectivity index (χ1n) is 9.50. The fourth-order valence-electron chi connectivity index (χ4n) is 3.48. The number of hydrogen-bond donors (Lipinski definition) is 1. The lowest BCUT2D eigenvalue weighted by atomic mass is 10.1. The van der Waals surface area contributed by atoms with Gasteiger partial charge in [-0.1, -0.05) is 48.5 Å². The number of aromatic nitrogens is 1. The summed E-state index contributed by atoms with van der Waals surface area (Å²) in [6, 6.07) is 21.5. The quantitative estimate of drug-likeness (QED) is 0.389. The van der Waals surface area contributed by atoms with Crippen LogP contribution in [0.15, 0.2) is 76.5 Å². The molecule has 0 spiro atoms. The van der Waals surface area contributed by atoms with E-state index in [9.17, 15) is 4.79 Å². The van der Waals surface area contributed by atoms with Gasteiger partial charge in [0.15, 0.2) is 0 Å². The molecule has 0 aliphatic carbocycles. The number of methoxy groups -OCH3 is 1. The molecule has 0 fully saturated rings. The van der Waals surface area contributed by atoms with Crippen molar-refractivity contribution in [3.63, 3.8) is 0 Å². The Kier molecular flexibility index (Phi) is 4.69. The first kappa shape index (κ1) is 18.4. The third-order valence-electron chi connectivity index (χ3n) is 4.89. The smallest absolute Gasteiger partial charge is 0.230 e. The van der Waals surface area contributed by atoms with Gasteiger partial charge in [-0.3, -0.25) is 4.79 Å². The monoisotopic (exact) mass is 414 g/mol. The highest BCUT2D eigenvalue weighted by Gasteiger charge is 2.15. The van der Waals surface area contributed by atoms with Crippen molar-refractivity contribution in [1.82, 2.24) is 4.98 Å². The van der Waals surface area contributed by atoms with E-state index in [0.717, 1.165) is 32.6 Å². The number of carbonyl (C=O) groups is 1. The van der Waals surface area contributed by atoms with E-state index in [4.69, 9.17) is 9.15 Å². The van der Waals surface area contributed by atoms with Gasteiger partial charge in [-0.2, -0.15) is 0 Å². The van der Waals surface area contributed by atoms with Gasteiger partial charge in [0.2, 0.25) is 5.91 Å². The first-order valence-corrected chi connectivity index (χ1v) is 10.4. The van der Waals surface area contributed by atoms with Gasteiger partial charge in [0.1, 0.15) is 21.9 Å². The summed E-state index contributed by atoms with van der Waals surface area (Å²) in [5.74, 6) is 0.430. The molecule has 1 N–H and O–H groups in total.